The molecule has 0 aliphatic rings. The van der Waals surface area contributed by atoms with Crippen molar-refractivity contribution in [2.45, 2.75) is 79.1 Å². The Bertz CT molecular complexity index is 907. The van der Waals surface area contributed by atoms with Crippen molar-refractivity contribution >= 4 is 0 Å². The van der Waals surface area contributed by atoms with Gasteiger partial charge < -0.3 is 9.59 Å². The highest BCUT2D eigenvalue weighted by atomic mass is 19.0. The third kappa shape index (κ3) is 10.1. The molecule has 0 N–H and O–H groups in total. The summed E-state index contributed by atoms with van der Waals surface area (Å²) in [5.41, 5.74) is 2.23. The molecule has 3 rings (SSSR count). The Labute approximate surface area is 218 Å². The molecule has 0 amide bonds. The Hall–Kier alpha value is -2.73. The topological polar surface area (TPSA) is 53.8 Å². The molecule has 200 valence electrons. The normalized spacial score (nSPS) is 10.9. The molecule has 5 nitrogen and oxygen atoms in total. The number of hydrogen-bond acceptors (Lipinski definition) is 3. The van der Waals surface area contributed by atoms with Crippen LogP contribution in [-0.4, -0.2) is 45.7 Å². The second-order valence-corrected chi connectivity index (χ2v) is 9.53. The zero-order valence-corrected chi connectivity index (χ0v) is 22.9. The highest BCUT2D eigenvalue weighted by molar-refractivity contribution is 5.58. The molecule has 1 heterocycles. The van der Waals surface area contributed by atoms with Gasteiger partial charge >= 0.3 is 0 Å². The number of aromatic nitrogens is 3. The number of nitrogens with zero attached hydrogens (tertiary/aromatic N) is 4. The van der Waals surface area contributed by atoms with Gasteiger partial charge in [-0.05, 0) is 31.7 Å². The first kappa shape index (κ1) is 31.3. The molecule has 3 aromatic rings. The lowest BCUT2D eigenvalue weighted by Gasteiger charge is -2.39. The number of benzene rings is 2. The molecule has 0 saturated carbocycles. The number of para-hydroxylation sites is 2. The van der Waals surface area contributed by atoms with Crippen LogP contribution in [0.5, 0.6) is 5.75 Å². The van der Waals surface area contributed by atoms with Gasteiger partial charge in [0.1, 0.15) is 5.69 Å². The third-order valence-electron chi connectivity index (χ3n) is 6.62. The highest BCUT2D eigenvalue weighted by Gasteiger charge is 2.24. The Morgan fingerprint density at radius 1 is 0.694 bits per heavy atom. The zero-order chi connectivity index (χ0) is 25.4. The van der Waals surface area contributed by atoms with E-state index in [2.05, 4.69) is 38.0 Å². The summed E-state index contributed by atoms with van der Waals surface area (Å²) in [7, 11) is 0. The van der Waals surface area contributed by atoms with Gasteiger partial charge in [0.2, 0.25) is 0 Å². The predicted molar refractivity (Wildman–Crippen MR) is 148 cm³/mol. The number of unbranched alkanes of at least 4 members (excludes halogenated alkanes) is 4. The smallest absolute Gasteiger partial charge is 0.113 e. The van der Waals surface area contributed by atoms with E-state index in [1.165, 1.54) is 92.8 Å². The van der Waals surface area contributed by atoms with Gasteiger partial charge in [0.25, 0.3) is 0 Å². The standard InChI is InChI=1S/C16H36N.C14H11N3O.FH/c1-5-9-13-17(14-10-6-2,15-11-7-3)16-12-8-4;18-14-9-5-4-8-13(14)17-10-12(15-16-17)11-6-2-1-3-7-11;/h5-16H2,1-4H3;1-10,18H;1H/q+1;;/p-1. The lowest BCUT2D eigenvalue weighted by Crippen LogP contribution is -2.50. The molecule has 0 unspecified atom stereocenters. The van der Waals surface area contributed by atoms with E-state index in [1.807, 2.05) is 30.3 Å². The number of quaternary nitrogens is 1. The van der Waals surface area contributed by atoms with Crippen LogP contribution in [0.4, 0.5) is 4.70 Å². The van der Waals surface area contributed by atoms with Crippen LogP contribution in [0.2, 0.25) is 0 Å². The van der Waals surface area contributed by atoms with E-state index in [0.717, 1.165) is 11.3 Å². The second kappa shape index (κ2) is 17.7. The molecule has 0 spiro atoms. The van der Waals surface area contributed by atoms with E-state index in [4.69, 9.17) is 0 Å². The number of rotatable bonds is 14. The minimum absolute atomic E-state index is 0. The van der Waals surface area contributed by atoms with Crippen molar-refractivity contribution < 1.29 is 14.3 Å². The molecule has 0 saturated heterocycles. The molecule has 36 heavy (non-hydrogen) atoms. The lowest BCUT2D eigenvalue weighted by atomic mass is 10.1. The van der Waals surface area contributed by atoms with Gasteiger partial charge in [0.05, 0.1) is 38.1 Å². The fourth-order valence-electron chi connectivity index (χ4n) is 4.41. The molecular formula is C30H47FN4O. The first-order valence-electron chi connectivity index (χ1n) is 13.7. The van der Waals surface area contributed by atoms with Crippen LogP contribution < -0.4 is 5.11 Å². The molecule has 0 aliphatic heterocycles. The van der Waals surface area contributed by atoms with Crippen LogP contribution in [0.15, 0.2) is 60.8 Å². The van der Waals surface area contributed by atoms with E-state index in [0.29, 0.717) is 5.69 Å². The summed E-state index contributed by atoms with van der Waals surface area (Å²) in [6, 6.07) is 16.5. The lowest BCUT2D eigenvalue weighted by molar-refractivity contribution is -0.929. The maximum absolute atomic E-state index is 11.7. The van der Waals surface area contributed by atoms with Gasteiger partial charge in [-0.25, -0.2) is 4.68 Å². The largest absolute Gasteiger partial charge is 0.871 e. The Kier molecular flexibility index (Phi) is 15.4. The summed E-state index contributed by atoms with van der Waals surface area (Å²) < 4.78 is 2.92. The minimum Gasteiger partial charge on any atom is -0.871 e. The van der Waals surface area contributed by atoms with Gasteiger partial charge in [-0.3, -0.25) is 4.70 Å². The van der Waals surface area contributed by atoms with Gasteiger partial charge in [-0.2, -0.15) is 0 Å². The molecule has 6 heteroatoms. The van der Waals surface area contributed by atoms with Crippen LogP contribution in [0.3, 0.4) is 0 Å². The molecule has 2 aromatic carbocycles. The third-order valence-corrected chi connectivity index (χ3v) is 6.62. The molecule has 1 aromatic heterocycles. The molecule has 0 atom stereocenters. The summed E-state index contributed by atoms with van der Waals surface area (Å²) >= 11 is 0. The van der Waals surface area contributed by atoms with Crippen LogP contribution in [0, 0.1) is 0 Å². The average Bonchev–Trinajstić information content (AvgIpc) is 3.39. The quantitative estimate of drug-likeness (QED) is 0.222. The van der Waals surface area contributed by atoms with E-state index in [9.17, 15) is 5.11 Å². The van der Waals surface area contributed by atoms with Gasteiger partial charge in [-0.15, -0.1) is 5.10 Å². The van der Waals surface area contributed by atoms with Crippen molar-refractivity contribution in [2.24, 2.45) is 0 Å². The average molecular weight is 499 g/mol. The van der Waals surface area contributed by atoms with Crippen molar-refractivity contribution in [3.8, 4) is 22.7 Å². The van der Waals surface area contributed by atoms with Gasteiger partial charge in [0, 0.05) is 5.56 Å². The summed E-state index contributed by atoms with van der Waals surface area (Å²) in [6.07, 6.45) is 12.8. The van der Waals surface area contributed by atoms with E-state index in [-0.39, 0.29) is 10.5 Å². The Balaban J connectivity index is 0.000000352. The monoisotopic (exact) mass is 498 g/mol. The van der Waals surface area contributed by atoms with Crippen molar-refractivity contribution in [1.82, 2.24) is 15.0 Å². The molecular weight excluding hydrogens is 451 g/mol. The zero-order valence-electron chi connectivity index (χ0n) is 22.9. The SMILES string of the molecule is CCCC[N+](CCCC)(CCCC)CCCC.F.[O-]c1ccccc1-n1cc(-c2ccccc2)nn1. The van der Waals surface area contributed by atoms with Crippen molar-refractivity contribution in [2.75, 3.05) is 26.2 Å². The minimum atomic E-state index is -0.0676. The van der Waals surface area contributed by atoms with E-state index >= 15 is 0 Å². The molecule has 0 radical (unpaired) electrons. The van der Waals surface area contributed by atoms with Crippen LogP contribution in [0.1, 0.15) is 79.1 Å². The first-order valence-corrected chi connectivity index (χ1v) is 13.7. The maximum Gasteiger partial charge on any atom is 0.113 e. The van der Waals surface area contributed by atoms with Crippen molar-refractivity contribution in [3.05, 3.63) is 60.8 Å². The van der Waals surface area contributed by atoms with Crippen molar-refractivity contribution in [1.29, 1.82) is 0 Å². The number of hydrogen-bond donors (Lipinski definition) is 0. The summed E-state index contributed by atoms with van der Waals surface area (Å²) in [5.74, 6) is -0.0676. The Morgan fingerprint density at radius 2 is 1.17 bits per heavy atom. The first-order chi connectivity index (χ1) is 17.1. The van der Waals surface area contributed by atoms with Crippen molar-refractivity contribution in [3.63, 3.8) is 0 Å². The van der Waals surface area contributed by atoms with Crippen LogP contribution >= 0.6 is 0 Å². The fraction of sp³-hybridized carbons (Fsp3) is 0.533. The molecule has 0 fully saturated rings. The van der Waals surface area contributed by atoms with Gasteiger partial charge in [0.15, 0.2) is 0 Å². The summed E-state index contributed by atoms with van der Waals surface area (Å²) in [6.45, 7) is 15.0. The van der Waals surface area contributed by atoms with Crippen LogP contribution in [-0.2, 0) is 0 Å². The number of halogens is 1. The highest BCUT2D eigenvalue weighted by Crippen LogP contribution is 2.21. The molecule has 0 aliphatic carbocycles. The maximum atomic E-state index is 11.7. The molecule has 0 bridgehead atoms. The van der Waals surface area contributed by atoms with E-state index in [1.54, 1.807) is 24.4 Å². The van der Waals surface area contributed by atoms with Gasteiger partial charge in [-0.1, -0.05) is 113 Å². The van der Waals surface area contributed by atoms with E-state index < -0.39 is 0 Å². The van der Waals surface area contributed by atoms with Crippen LogP contribution in [0.25, 0.3) is 16.9 Å². The predicted octanol–water partition coefficient (Wildman–Crippen LogP) is 7.16. The Morgan fingerprint density at radius 3 is 1.64 bits per heavy atom. The fourth-order valence-corrected chi connectivity index (χ4v) is 4.41. The second-order valence-electron chi connectivity index (χ2n) is 9.53. The summed E-state index contributed by atoms with van der Waals surface area (Å²) in [4.78, 5) is 0. The summed E-state index contributed by atoms with van der Waals surface area (Å²) in [5, 5.41) is 19.7.